The molecule has 3 rings (SSSR count). The predicted molar refractivity (Wildman–Crippen MR) is 97.8 cm³/mol. The number of carbonyl (C=O) groups is 1. The number of hydrogen-bond acceptors (Lipinski definition) is 3. The van der Waals surface area contributed by atoms with E-state index in [1.807, 2.05) is 26.0 Å². The summed E-state index contributed by atoms with van der Waals surface area (Å²) in [7, 11) is 0. The number of nitrogens with zero attached hydrogens (tertiary/aromatic N) is 1. The van der Waals surface area contributed by atoms with E-state index in [1.165, 1.54) is 18.2 Å². The molecule has 0 saturated carbocycles. The Morgan fingerprint density at radius 3 is 2.56 bits per heavy atom. The second-order valence-electron chi connectivity index (χ2n) is 5.81. The Labute approximate surface area is 145 Å². The second kappa shape index (κ2) is 7.13. The van der Waals surface area contributed by atoms with Crippen molar-refractivity contribution in [1.82, 2.24) is 4.98 Å². The highest BCUT2D eigenvalue weighted by atomic mass is 19.1. The molecule has 0 atom stereocenters. The summed E-state index contributed by atoms with van der Waals surface area (Å²) in [5, 5.41) is 5.89. The number of amides is 1. The Bertz CT molecular complexity index is 907. The Kier molecular flexibility index (Phi) is 4.75. The summed E-state index contributed by atoms with van der Waals surface area (Å²) in [6, 6.07) is 15.5. The van der Waals surface area contributed by atoms with Crippen molar-refractivity contribution in [2.75, 3.05) is 10.6 Å². The molecule has 3 aromatic rings. The van der Waals surface area contributed by atoms with Crippen LogP contribution in [0, 0.1) is 19.7 Å². The van der Waals surface area contributed by atoms with E-state index >= 15 is 0 Å². The zero-order valence-corrected chi connectivity index (χ0v) is 14.0. The highest BCUT2D eigenvalue weighted by molar-refractivity contribution is 6.03. The fourth-order valence-corrected chi connectivity index (χ4v) is 2.40. The van der Waals surface area contributed by atoms with Crippen molar-refractivity contribution >= 4 is 23.1 Å². The van der Waals surface area contributed by atoms with Crippen molar-refractivity contribution < 1.29 is 9.18 Å². The van der Waals surface area contributed by atoms with E-state index in [9.17, 15) is 9.18 Å². The molecular weight excluding hydrogens is 317 g/mol. The number of aromatic nitrogens is 1. The quantitative estimate of drug-likeness (QED) is 0.718. The number of nitrogens with one attached hydrogen (secondary N) is 2. The molecule has 1 heterocycles. The molecular formula is C20H18FN3O. The summed E-state index contributed by atoms with van der Waals surface area (Å²) in [5.74, 6) is -0.728. The molecule has 0 saturated heterocycles. The Balaban J connectivity index is 1.71. The van der Waals surface area contributed by atoms with Gasteiger partial charge in [0.25, 0.3) is 5.91 Å². The van der Waals surface area contributed by atoms with Gasteiger partial charge in [-0.1, -0.05) is 24.3 Å². The lowest BCUT2D eigenvalue weighted by atomic mass is 10.1. The van der Waals surface area contributed by atoms with Crippen LogP contribution in [0.2, 0.25) is 0 Å². The Morgan fingerprint density at radius 2 is 1.84 bits per heavy atom. The first-order chi connectivity index (χ1) is 12.0. The SMILES string of the molecule is Cc1ccc(C)c(Nc2ccc(NC(=O)c3ccccc3F)nc2)c1. The molecule has 0 aliphatic heterocycles. The van der Waals surface area contributed by atoms with Gasteiger partial charge in [-0.3, -0.25) is 4.79 Å². The first-order valence-corrected chi connectivity index (χ1v) is 7.89. The van der Waals surface area contributed by atoms with Crippen LogP contribution < -0.4 is 10.6 Å². The summed E-state index contributed by atoms with van der Waals surface area (Å²) >= 11 is 0. The van der Waals surface area contributed by atoms with E-state index in [2.05, 4.69) is 27.8 Å². The maximum absolute atomic E-state index is 13.6. The standard InChI is InChI=1S/C20H18FN3O/c1-13-7-8-14(2)18(11-13)23-15-9-10-19(22-12-15)24-20(25)16-5-3-4-6-17(16)21/h3-12,23H,1-2H3,(H,22,24,25). The zero-order valence-electron chi connectivity index (χ0n) is 14.0. The highest BCUT2D eigenvalue weighted by Crippen LogP contribution is 2.22. The van der Waals surface area contributed by atoms with Crippen LogP contribution in [0.4, 0.5) is 21.6 Å². The number of pyridine rings is 1. The van der Waals surface area contributed by atoms with Crippen molar-refractivity contribution in [2.24, 2.45) is 0 Å². The molecule has 0 fully saturated rings. The summed E-state index contributed by atoms with van der Waals surface area (Å²) in [6.07, 6.45) is 1.62. The minimum Gasteiger partial charge on any atom is -0.354 e. The summed E-state index contributed by atoms with van der Waals surface area (Å²) in [6.45, 7) is 4.06. The molecule has 0 aliphatic rings. The molecule has 0 bridgehead atoms. The van der Waals surface area contributed by atoms with E-state index in [1.54, 1.807) is 18.3 Å². The van der Waals surface area contributed by atoms with E-state index in [0.29, 0.717) is 5.82 Å². The van der Waals surface area contributed by atoms with Crippen molar-refractivity contribution in [3.63, 3.8) is 0 Å². The van der Waals surface area contributed by atoms with Gasteiger partial charge >= 0.3 is 0 Å². The van der Waals surface area contributed by atoms with Crippen LogP contribution in [0.5, 0.6) is 0 Å². The van der Waals surface area contributed by atoms with Crippen LogP contribution >= 0.6 is 0 Å². The van der Waals surface area contributed by atoms with Gasteiger partial charge in [0.15, 0.2) is 0 Å². The minimum absolute atomic E-state index is 0.0121. The Morgan fingerprint density at radius 1 is 1.04 bits per heavy atom. The molecule has 2 aromatic carbocycles. The van der Waals surface area contributed by atoms with Crippen molar-refractivity contribution in [2.45, 2.75) is 13.8 Å². The van der Waals surface area contributed by atoms with Gasteiger partial charge in [0.05, 0.1) is 17.4 Å². The fraction of sp³-hybridized carbons (Fsp3) is 0.100. The molecule has 0 aliphatic carbocycles. The summed E-state index contributed by atoms with van der Waals surface area (Å²) < 4.78 is 13.6. The minimum atomic E-state index is -0.562. The molecule has 1 amide bonds. The number of benzene rings is 2. The lowest BCUT2D eigenvalue weighted by molar-refractivity contribution is 0.102. The molecule has 126 valence electrons. The van der Waals surface area contributed by atoms with Crippen LogP contribution in [0.3, 0.4) is 0 Å². The molecule has 1 aromatic heterocycles. The highest BCUT2D eigenvalue weighted by Gasteiger charge is 2.11. The molecule has 0 radical (unpaired) electrons. The largest absolute Gasteiger partial charge is 0.354 e. The Hall–Kier alpha value is -3.21. The zero-order chi connectivity index (χ0) is 17.8. The molecule has 2 N–H and O–H groups in total. The smallest absolute Gasteiger partial charge is 0.259 e. The fourth-order valence-electron chi connectivity index (χ4n) is 2.40. The van der Waals surface area contributed by atoms with Gasteiger partial charge in [0.1, 0.15) is 11.6 Å². The lowest BCUT2D eigenvalue weighted by Gasteiger charge is -2.11. The number of aryl methyl sites for hydroxylation is 2. The summed E-state index contributed by atoms with van der Waals surface area (Å²) in [5.41, 5.74) is 4.08. The maximum atomic E-state index is 13.6. The number of carbonyl (C=O) groups excluding carboxylic acids is 1. The third-order valence-electron chi connectivity index (χ3n) is 3.80. The normalized spacial score (nSPS) is 10.4. The average molecular weight is 335 g/mol. The van der Waals surface area contributed by atoms with Gasteiger partial charge in [0, 0.05) is 5.69 Å². The molecule has 5 heteroatoms. The van der Waals surface area contributed by atoms with Crippen molar-refractivity contribution in [3.05, 3.63) is 83.3 Å². The average Bonchev–Trinajstić information content (AvgIpc) is 2.60. The number of anilines is 3. The maximum Gasteiger partial charge on any atom is 0.259 e. The van der Waals surface area contributed by atoms with Crippen molar-refractivity contribution in [3.8, 4) is 0 Å². The molecule has 4 nitrogen and oxygen atoms in total. The van der Waals surface area contributed by atoms with Gasteiger partial charge in [-0.2, -0.15) is 0 Å². The monoisotopic (exact) mass is 335 g/mol. The van der Waals surface area contributed by atoms with E-state index in [-0.39, 0.29) is 5.56 Å². The van der Waals surface area contributed by atoms with E-state index in [4.69, 9.17) is 0 Å². The van der Waals surface area contributed by atoms with Gasteiger partial charge in [-0.15, -0.1) is 0 Å². The molecule has 25 heavy (non-hydrogen) atoms. The third-order valence-corrected chi connectivity index (χ3v) is 3.80. The second-order valence-corrected chi connectivity index (χ2v) is 5.81. The van der Waals surface area contributed by atoms with Gasteiger partial charge in [0.2, 0.25) is 0 Å². The van der Waals surface area contributed by atoms with Crippen LogP contribution in [0.15, 0.2) is 60.8 Å². The molecule has 0 spiro atoms. The number of halogens is 1. The topological polar surface area (TPSA) is 54.0 Å². The predicted octanol–water partition coefficient (Wildman–Crippen LogP) is 4.83. The van der Waals surface area contributed by atoms with Crippen LogP contribution in [0.25, 0.3) is 0 Å². The van der Waals surface area contributed by atoms with Gasteiger partial charge < -0.3 is 10.6 Å². The van der Waals surface area contributed by atoms with Crippen LogP contribution in [0.1, 0.15) is 21.5 Å². The van der Waals surface area contributed by atoms with E-state index in [0.717, 1.165) is 22.5 Å². The summed E-state index contributed by atoms with van der Waals surface area (Å²) in [4.78, 5) is 16.3. The number of rotatable bonds is 4. The molecule has 0 unspecified atom stereocenters. The van der Waals surface area contributed by atoms with E-state index < -0.39 is 11.7 Å². The first kappa shape index (κ1) is 16.6. The first-order valence-electron chi connectivity index (χ1n) is 7.89. The number of hydrogen-bond donors (Lipinski definition) is 2. The van der Waals surface area contributed by atoms with Crippen LogP contribution in [-0.2, 0) is 0 Å². The van der Waals surface area contributed by atoms with Gasteiger partial charge in [-0.05, 0) is 55.3 Å². The van der Waals surface area contributed by atoms with Gasteiger partial charge in [-0.25, -0.2) is 9.37 Å². The lowest BCUT2D eigenvalue weighted by Crippen LogP contribution is -2.14. The van der Waals surface area contributed by atoms with Crippen molar-refractivity contribution in [1.29, 1.82) is 0 Å². The van der Waals surface area contributed by atoms with Crippen LogP contribution in [-0.4, -0.2) is 10.9 Å². The third kappa shape index (κ3) is 4.01.